The molecule has 220 valence electrons. The number of carbonyl (C=O) groups excluding carboxylic acids is 3. The van der Waals surface area contributed by atoms with Gasteiger partial charge in [0.1, 0.15) is 6.04 Å². The molecule has 4 aliphatic heterocycles. The van der Waals surface area contributed by atoms with Crippen LogP contribution in [-0.4, -0.2) is 74.4 Å². The summed E-state index contributed by atoms with van der Waals surface area (Å²) < 4.78 is -1.59. The van der Waals surface area contributed by atoms with Crippen LogP contribution in [-0.2, 0) is 20.9 Å². The molecule has 2 fully saturated rings. The zero-order valence-corrected chi connectivity index (χ0v) is 25.5. The Labute approximate surface area is 256 Å². The van der Waals surface area contributed by atoms with Crippen LogP contribution < -0.4 is 4.90 Å². The van der Waals surface area contributed by atoms with Gasteiger partial charge < -0.3 is 19.8 Å². The molecule has 7 nitrogen and oxygen atoms in total. The van der Waals surface area contributed by atoms with E-state index < -0.39 is 27.4 Å². The van der Waals surface area contributed by atoms with Crippen molar-refractivity contribution in [2.75, 3.05) is 31.1 Å². The van der Waals surface area contributed by atoms with E-state index in [9.17, 15) is 19.5 Å². The van der Waals surface area contributed by atoms with Crippen LogP contribution in [0, 0.1) is 18.8 Å². The molecule has 6 rings (SSSR count). The first kappa shape index (κ1) is 29.0. The minimum Gasteiger partial charge on any atom is -0.396 e. The highest BCUT2D eigenvalue weighted by atomic mass is 35.5. The van der Waals surface area contributed by atoms with Gasteiger partial charge in [-0.05, 0) is 43.9 Å². The molecule has 4 aliphatic rings. The molecule has 2 aromatic carbocycles. The Balaban J connectivity index is 1.44. The number of hydrogen-bond donors (Lipinski definition) is 1. The maximum atomic E-state index is 14.7. The zero-order chi connectivity index (χ0) is 29.6. The lowest BCUT2D eigenvalue weighted by Gasteiger charge is -2.37. The maximum Gasteiger partial charge on any atom is 0.251 e. The van der Waals surface area contributed by atoms with Gasteiger partial charge in [-0.25, -0.2) is 0 Å². The van der Waals surface area contributed by atoms with E-state index in [2.05, 4.69) is 6.08 Å². The molecule has 0 aromatic heterocycles. The fourth-order valence-corrected chi connectivity index (χ4v) is 9.80. The Morgan fingerprint density at radius 3 is 2.43 bits per heavy atom. The van der Waals surface area contributed by atoms with Crippen LogP contribution in [0.5, 0.6) is 0 Å². The van der Waals surface area contributed by atoms with Crippen molar-refractivity contribution >= 4 is 46.8 Å². The number of halogens is 1. The molecule has 0 radical (unpaired) electrons. The monoisotopic (exact) mass is 605 g/mol. The normalized spacial score (nSPS) is 30.3. The second-order valence-corrected chi connectivity index (χ2v) is 14.0. The molecule has 4 heterocycles. The smallest absolute Gasteiger partial charge is 0.251 e. The van der Waals surface area contributed by atoms with Crippen molar-refractivity contribution < 1.29 is 19.5 Å². The Morgan fingerprint density at radius 2 is 1.69 bits per heavy atom. The van der Waals surface area contributed by atoms with Crippen molar-refractivity contribution in [1.82, 2.24) is 9.80 Å². The van der Waals surface area contributed by atoms with E-state index in [1.54, 1.807) is 27.6 Å². The van der Waals surface area contributed by atoms with Crippen molar-refractivity contribution in [3.05, 3.63) is 89.0 Å². The van der Waals surface area contributed by atoms with E-state index in [1.807, 2.05) is 79.4 Å². The van der Waals surface area contributed by atoms with Crippen LogP contribution in [0.15, 0.2) is 72.8 Å². The number of likely N-dealkylation sites (tertiary alicyclic amines) is 1. The summed E-state index contributed by atoms with van der Waals surface area (Å²) in [6.07, 6.45) is 9.19. The number of aliphatic hydroxyl groups is 1. The number of anilines is 1. The van der Waals surface area contributed by atoms with Gasteiger partial charge in [-0.2, -0.15) is 0 Å². The third-order valence-corrected chi connectivity index (χ3v) is 11.2. The fourth-order valence-electron chi connectivity index (χ4n) is 7.32. The van der Waals surface area contributed by atoms with E-state index in [4.69, 9.17) is 11.6 Å². The number of hydrogen-bond acceptors (Lipinski definition) is 5. The van der Waals surface area contributed by atoms with Crippen LogP contribution in [0.1, 0.15) is 30.9 Å². The number of amides is 3. The summed E-state index contributed by atoms with van der Waals surface area (Å²) in [7, 11) is 0. The molecule has 42 heavy (non-hydrogen) atoms. The van der Waals surface area contributed by atoms with Gasteiger partial charge >= 0.3 is 0 Å². The molecule has 2 aromatic rings. The third kappa shape index (κ3) is 4.59. The maximum absolute atomic E-state index is 14.7. The van der Waals surface area contributed by atoms with Crippen LogP contribution in [0.2, 0.25) is 5.02 Å². The predicted molar refractivity (Wildman–Crippen MR) is 166 cm³/mol. The summed E-state index contributed by atoms with van der Waals surface area (Å²) in [4.78, 5) is 48.9. The standard InChI is InChI=1S/C33H36ClN3O4S/c1-22-11-8-14-24(34)27(22)36-19-10-16-33-26(30(40)37(18-6-7-20-38)28(33)31(36)41)25-29(39)35(17-9-15-32(25,2)42-33)21-23-12-4-3-5-13-23/h3-5,8-16,25-26,28,38H,6-7,17-21H2,1-2H3/t25-,26+,28?,32+,33+/m1/s1. The molecule has 9 heteroatoms. The van der Waals surface area contributed by atoms with Crippen molar-refractivity contribution in [2.45, 2.75) is 48.8 Å². The van der Waals surface area contributed by atoms with Gasteiger partial charge in [0, 0.05) is 37.5 Å². The number of thioether (sulfide) groups is 1. The minimum atomic E-state index is -0.924. The topological polar surface area (TPSA) is 81.2 Å². The highest BCUT2D eigenvalue weighted by Crippen LogP contribution is 2.65. The van der Waals surface area contributed by atoms with E-state index in [-0.39, 0.29) is 24.3 Å². The van der Waals surface area contributed by atoms with Gasteiger partial charge in [0.2, 0.25) is 11.8 Å². The van der Waals surface area contributed by atoms with Crippen molar-refractivity contribution in [1.29, 1.82) is 0 Å². The van der Waals surface area contributed by atoms with E-state index in [0.29, 0.717) is 49.7 Å². The number of para-hydroxylation sites is 1. The molecule has 0 aliphatic carbocycles. The Morgan fingerprint density at radius 1 is 0.929 bits per heavy atom. The van der Waals surface area contributed by atoms with E-state index in [0.717, 1.165) is 11.1 Å². The van der Waals surface area contributed by atoms with Gasteiger partial charge in [-0.1, -0.05) is 78.4 Å². The molecule has 3 amide bonds. The van der Waals surface area contributed by atoms with Gasteiger partial charge in [-0.15, -0.1) is 11.8 Å². The number of nitrogens with zero attached hydrogens (tertiary/aromatic N) is 3. The molecule has 2 saturated heterocycles. The van der Waals surface area contributed by atoms with Crippen LogP contribution >= 0.6 is 23.4 Å². The van der Waals surface area contributed by atoms with Crippen molar-refractivity contribution in [2.24, 2.45) is 11.8 Å². The van der Waals surface area contributed by atoms with Gasteiger partial charge in [0.25, 0.3) is 5.91 Å². The summed E-state index contributed by atoms with van der Waals surface area (Å²) in [5, 5.41) is 9.96. The lowest BCUT2D eigenvalue weighted by molar-refractivity contribution is -0.144. The van der Waals surface area contributed by atoms with Crippen LogP contribution in [0.3, 0.4) is 0 Å². The Kier molecular flexibility index (Phi) is 7.75. The number of unbranched alkanes of at least 4 members (excludes halogenated alkanes) is 1. The first-order chi connectivity index (χ1) is 20.2. The number of aryl methyl sites for hydroxylation is 1. The van der Waals surface area contributed by atoms with E-state index in [1.165, 1.54) is 0 Å². The first-order valence-corrected chi connectivity index (χ1v) is 15.8. The van der Waals surface area contributed by atoms with Gasteiger partial charge in [-0.3, -0.25) is 14.4 Å². The number of aliphatic hydroxyl groups excluding tert-OH is 1. The number of fused-ring (bicyclic) bond motifs is 2. The molecule has 0 bridgehead atoms. The Bertz CT molecular complexity index is 1440. The molecular formula is C33H36ClN3O4S. The summed E-state index contributed by atoms with van der Waals surface area (Å²) in [6, 6.07) is 14.6. The first-order valence-electron chi connectivity index (χ1n) is 14.6. The molecule has 1 N–H and O–H groups in total. The number of carbonyl (C=O) groups is 3. The summed E-state index contributed by atoms with van der Waals surface area (Å²) >= 11 is 8.23. The second kappa shape index (κ2) is 11.2. The van der Waals surface area contributed by atoms with Crippen molar-refractivity contribution in [3.63, 3.8) is 0 Å². The summed E-state index contributed by atoms with van der Waals surface area (Å²) in [5.41, 5.74) is 2.55. The van der Waals surface area contributed by atoms with Crippen LogP contribution in [0.4, 0.5) is 5.69 Å². The average molecular weight is 606 g/mol. The average Bonchev–Trinajstić information content (AvgIpc) is 3.23. The summed E-state index contributed by atoms with van der Waals surface area (Å²) in [6.45, 7) is 5.54. The van der Waals surface area contributed by atoms with E-state index >= 15 is 0 Å². The van der Waals surface area contributed by atoms with Crippen LogP contribution in [0.25, 0.3) is 0 Å². The summed E-state index contributed by atoms with van der Waals surface area (Å²) in [5.74, 6) is -1.75. The van der Waals surface area contributed by atoms with Gasteiger partial charge in [0.15, 0.2) is 0 Å². The lowest BCUT2D eigenvalue weighted by atomic mass is 9.74. The number of benzene rings is 2. The second-order valence-electron chi connectivity index (χ2n) is 11.8. The fraction of sp³-hybridized carbons (Fsp3) is 0.424. The lowest BCUT2D eigenvalue weighted by Crippen LogP contribution is -2.53. The predicted octanol–water partition coefficient (Wildman–Crippen LogP) is 4.61. The molecule has 5 atom stereocenters. The van der Waals surface area contributed by atoms with Gasteiger partial charge in [0.05, 0.1) is 27.3 Å². The highest BCUT2D eigenvalue weighted by molar-refractivity contribution is 8.02. The van der Waals surface area contributed by atoms with Crippen molar-refractivity contribution in [3.8, 4) is 0 Å². The molecule has 1 unspecified atom stereocenters. The SMILES string of the molecule is Cc1cccc(Cl)c1N1CC=C[C@]23S[C@@]4(C)C=CCN(Cc5ccccc5)C(=O)[C@H]4[C@H]2C(=O)N(CCCCO)C3C1=O. The molecule has 0 saturated carbocycles. The third-order valence-electron chi connectivity index (χ3n) is 9.12. The highest BCUT2D eigenvalue weighted by Gasteiger charge is 2.73. The number of rotatable bonds is 7. The molecular weight excluding hydrogens is 570 g/mol. The minimum absolute atomic E-state index is 0.00718. The molecule has 1 spiro atoms. The Hall–Kier alpha value is -3.07. The quantitative estimate of drug-likeness (QED) is 0.368. The zero-order valence-electron chi connectivity index (χ0n) is 23.9. The largest absolute Gasteiger partial charge is 0.396 e.